The van der Waals surface area contributed by atoms with E-state index in [0.717, 1.165) is 0 Å². The molecule has 0 atom stereocenters. The van der Waals surface area contributed by atoms with Crippen LogP contribution in [0.3, 0.4) is 0 Å². The number of hydrogen-bond donors (Lipinski definition) is 2. The summed E-state index contributed by atoms with van der Waals surface area (Å²) in [5.74, 6) is 1.16. The molecule has 2 amide bonds. The molecule has 6 nitrogen and oxygen atoms in total. The second-order valence-corrected chi connectivity index (χ2v) is 5.54. The monoisotopic (exact) mass is 296 g/mol. The van der Waals surface area contributed by atoms with E-state index in [0.29, 0.717) is 30.4 Å². The van der Waals surface area contributed by atoms with Gasteiger partial charge in [-0.05, 0) is 32.9 Å². The van der Waals surface area contributed by atoms with Crippen LogP contribution in [0.15, 0.2) is 18.2 Å². The van der Waals surface area contributed by atoms with Gasteiger partial charge in [0.05, 0.1) is 13.7 Å². The van der Waals surface area contributed by atoms with Crippen molar-refractivity contribution in [2.75, 3.05) is 32.8 Å². The van der Waals surface area contributed by atoms with E-state index >= 15 is 0 Å². The fraction of sp³-hybridized carbons (Fsp3) is 0.533. The Morgan fingerprint density at radius 1 is 1.14 bits per heavy atom. The number of hydrogen-bond acceptors (Lipinski definition) is 4. The highest BCUT2D eigenvalue weighted by Crippen LogP contribution is 2.30. The van der Waals surface area contributed by atoms with Gasteiger partial charge in [0.2, 0.25) is 0 Å². The fourth-order valence-corrected chi connectivity index (χ4v) is 1.61. The third kappa shape index (κ3) is 6.35. The molecule has 0 aliphatic rings. The van der Waals surface area contributed by atoms with Crippen LogP contribution in [0.4, 0.5) is 10.5 Å². The van der Waals surface area contributed by atoms with Gasteiger partial charge in [0, 0.05) is 24.4 Å². The zero-order chi connectivity index (χ0) is 15.9. The van der Waals surface area contributed by atoms with Crippen LogP contribution in [0, 0.1) is 0 Å². The lowest BCUT2D eigenvalue weighted by molar-refractivity contribution is 0.144. The van der Waals surface area contributed by atoms with E-state index in [1.807, 2.05) is 20.8 Å². The van der Waals surface area contributed by atoms with E-state index in [1.165, 1.54) is 0 Å². The molecule has 0 aliphatic heterocycles. The molecule has 1 aromatic rings. The molecule has 1 rings (SSSR count). The van der Waals surface area contributed by atoms with Crippen LogP contribution in [-0.2, 0) is 4.74 Å². The van der Waals surface area contributed by atoms with Crippen LogP contribution in [0.1, 0.15) is 20.8 Å². The van der Waals surface area contributed by atoms with Crippen molar-refractivity contribution in [3.05, 3.63) is 18.2 Å². The molecule has 0 bridgehead atoms. The summed E-state index contributed by atoms with van der Waals surface area (Å²) in [6, 6.07) is 4.95. The van der Waals surface area contributed by atoms with Crippen molar-refractivity contribution in [3.63, 3.8) is 0 Å². The van der Waals surface area contributed by atoms with Crippen molar-refractivity contribution in [3.8, 4) is 11.5 Å². The quantitative estimate of drug-likeness (QED) is 0.792. The number of carbonyl (C=O) groups is 1. The molecular formula is C15H24N2O4. The number of ether oxygens (including phenoxy) is 3. The Balaban J connectivity index is 2.75. The number of urea groups is 1. The zero-order valence-corrected chi connectivity index (χ0v) is 13.3. The third-order valence-corrected chi connectivity index (χ3v) is 2.46. The van der Waals surface area contributed by atoms with E-state index in [4.69, 9.17) is 14.2 Å². The molecule has 0 aliphatic carbocycles. The predicted molar refractivity (Wildman–Crippen MR) is 82.3 cm³/mol. The number of rotatable bonds is 6. The Morgan fingerprint density at radius 2 is 1.86 bits per heavy atom. The van der Waals surface area contributed by atoms with Crippen LogP contribution in [-0.4, -0.2) is 39.0 Å². The summed E-state index contributed by atoms with van der Waals surface area (Å²) in [6.45, 7) is 6.63. The standard InChI is InChI=1S/C15H24N2O4/c1-15(2,3)17-14(18)16-11-6-7-12(20-5)13(10-11)21-9-8-19-4/h6-7,10H,8-9H2,1-5H3,(H2,16,17,18). The maximum Gasteiger partial charge on any atom is 0.319 e. The van der Waals surface area contributed by atoms with E-state index in [-0.39, 0.29) is 11.6 Å². The average Bonchev–Trinajstić information content (AvgIpc) is 2.37. The molecule has 0 heterocycles. The van der Waals surface area contributed by atoms with Crippen LogP contribution < -0.4 is 20.1 Å². The number of anilines is 1. The minimum Gasteiger partial charge on any atom is -0.493 e. The molecule has 0 unspecified atom stereocenters. The highest BCUT2D eigenvalue weighted by Gasteiger charge is 2.14. The van der Waals surface area contributed by atoms with Crippen LogP contribution >= 0.6 is 0 Å². The Hall–Kier alpha value is -1.95. The van der Waals surface area contributed by atoms with Crippen molar-refractivity contribution >= 4 is 11.7 Å². The number of nitrogens with one attached hydrogen (secondary N) is 2. The van der Waals surface area contributed by atoms with Gasteiger partial charge in [0.15, 0.2) is 11.5 Å². The summed E-state index contributed by atoms with van der Waals surface area (Å²) >= 11 is 0. The summed E-state index contributed by atoms with van der Waals surface area (Å²) in [5, 5.41) is 5.59. The van der Waals surface area contributed by atoms with Gasteiger partial charge in [-0.1, -0.05) is 0 Å². The first-order valence-electron chi connectivity index (χ1n) is 6.74. The van der Waals surface area contributed by atoms with E-state index in [9.17, 15) is 4.79 Å². The molecule has 6 heteroatoms. The molecular weight excluding hydrogens is 272 g/mol. The first-order valence-corrected chi connectivity index (χ1v) is 6.74. The highest BCUT2D eigenvalue weighted by molar-refractivity contribution is 5.90. The molecule has 118 valence electrons. The van der Waals surface area contributed by atoms with Crippen molar-refractivity contribution in [2.45, 2.75) is 26.3 Å². The maximum absolute atomic E-state index is 11.8. The Morgan fingerprint density at radius 3 is 2.43 bits per heavy atom. The van der Waals surface area contributed by atoms with Gasteiger partial charge in [0.25, 0.3) is 0 Å². The molecule has 0 radical (unpaired) electrons. The zero-order valence-electron chi connectivity index (χ0n) is 13.3. The van der Waals surface area contributed by atoms with E-state index < -0.39 is 0 Å². The lowest BCUT2D eigenvalue weighted by atomic mass is 10.1. The van der Waals surface area contributed by atoms with E-state index in [1.54, 1.807) is 32.4 Å². The summed E-state index contributed by atoms with van der Waals surface area (Å²) < 4.78 is 15.7. The Labute approximate surface area is 125 Å². The van der Waals surface area contributed by atoms with Gasteiger partial charge >= 0.3 is 6.03 Å². The number of carbonyl (C=O) groups excluding carboxylic acids is 1. The highest BCUT2D eigenvalue weighted by atomic mass is 16.5. The molecule has 0 saturated carbocycles. The van der Waals surface area contributed by atoms with Crippen LogP contribution in [0.5, 0.6) is 11.5 Å². The minimum atomic E-state index is -0.297. The molecule has 1 aromatic carbocycles. The summed E-state index contributed by atoms with van der Waals surface area (Å²) in [5.41, 5.74) is 0.332. The Bertz CT molecular complexity index is 469. The van der Waals surface area contributed by atoms with Crippen LogP contribution in [0.2, 0.25) is 0 Å². The second-order valence-electron chi connectivity index (χ2n) is 5.54. The molecule has 0 fully saturated rings. The number of methoxy groups -OCH3 is 2. The van der Waals surface area contributed by atoms with Gasteiger partial charge in [-0.2, -0.15) is 0 Å². The summed E-state index contributed by atoms with van der Waals surface area (Å²) in [4.78, 5) is 11.8. The smallest absolute Gasteiger partial charge is 0.319 e. The maximum atomic E-state index is 11.8. The second kappa shape index (κ2) is 7.73. The summed E-state index contributed by atoms with van der Waals surface area (Å²) in [6.07, 6.45) is 0. The number of amides is 2. The normalized spacial score (nSPS) is 10.9. The minimum absolute atomic E-state index is 0.268. The molecule has 21 heavy (non-hydrogen) atoms. The van der Waals surface area contributed by atoms with Gasteiger partial charge in [-0.15, -0.1) is 0 Å². The lowest BCUT2D eigenvalue weighted by Crippen LogP contribution is -2.43. The van der Waals surface area contributed by atoms with Gasteiger partial charge in [0.1, 0.15) is 6.61 Å². The Kier molecular flexibility index (Phi) is 6.30. The van der Waals surface area contributed by atoms with Crippen molar-refractivity contribution < 1.29 is 19.0 Å². The molecule has 0 aromatic heterocycles. The van der Waals surface area contributed by atoms with Gasteiger partial charge in [-0.3, -0.25) is 0 Å². The third-order valence-electron chi connectivity index (χ3n) is 2.46. The fourth-order valence-electron chi connectivity index (χ4n) is 1.61. The van der Waals surface area contributed by atoms with E-state index in [2.05, 4.69) is 10.6 Å². The van der Waals surface area contributed by atoms with Crippen molar-refractivity contribution in [1.29, 1.82) is 0 Å². The van der Waals surface area contributed by atoms with Crippen LogP contribution in [0.25, 0.3) is 0 Å². The first-order chi connectivity index (χ1) is 9.85. The predicted octanol–water partition coefficient (Wildman–Crippen LogP) is 2.64. The van der Waals surface area contributed by atoms with Crippen molar-refractivity contribution in [1.82, 2.24) is 5.32 Å². The number of benzene rings is 1. The van der Waals surface area contributed by atoms with Crippen molar-refractivity contribution in [2.24, 2.45) is 0 Å². The van der Waals surface area contributed by atoms with Gasteiger partial charge in [-0.25, -0.2) is 4.79 Å². The largest absolute Gasteiger partial charge is 0.493 e. The molecule has 0 spiro atoms. The lowest BCUT2D eigenvalue weighted by Gasteiger charge is -2.21. The SMILES string of the molecule is COCCOc1cc(NC(=O)NC(C)(C)C)ccc1OC. The van der Waals surface area contributed by atoms with Gasteiger partial charge < -0.3 is 24.8 Å². The summed E-state index contributed by atoms with van der Waals surface area (Å²) in [7, 11) is 3.17. The average molecular weight is 296 g/mol. The molecule has 2 N–H and O–H groups in total. The molecule has 0 saturated heterocycles. The topological polar surface area (TPSA) is 68.8 Å². The first kappa shape index (κ1) is 17.1.